The number of fused-ring (bicyclic) bond motifs is 1. The van der Waals surface area contributed by atoms with Crippen molar-refractivity contribution in [1.29, 1.82) is 0 Å². The van der Waals surface area contributed by atoms with Crippen LogP contribution in [0.3, 0.4) is 0 Å². The van der Waals surface area contributed by atoms with Gasteiger partial charge in [-0.25, -0.2) is 0 Å². The van der Waals surface area contributed by atoms with Gasteiger partial charge in [0.25, 0.3) is 0 Å². The standard InChI is InChI=1S/C17H21NO5/c1-2-18(13-5-6-16-17(8-13)23-12-22-16)9-14(19)10-20-11-15-4-3-7-21-15/h3-8,14,19H,2,9-12H2,1H3. The summed E-state index contributed by atoms with van der Waals surface area (Å²) >= 11 is 0. The average molecular weight is 319 g/mol. The zero-order valence-electron chi connectivity index (χ0n) is 13.1. The Hall–Kier alpha value is -2.18. The molecule has 0 radical (unpaired) electrons. The Kier molecular flexibility index (Phi) is 5.05. The van der Waals surface area contributed by atoms with Crippen LogP contribution in [0.15, 0.2) is 41.0 Å². The molecule has 23 heavy (non-hydrogen) atoms. The molecule has 124 valence electrons. The van der Waals surface area contributed by atoms with Crippen LogP contribution in [-0.4, -0.2) is 37.7 Å². The second-order valence-corrected chi connectivity index (χ2v) is 5.32. The molecule has 6 nitrogen and oxygen atoms in total. The zero-order valence-corrected chi connectivity index (χ0v) is 13.1. The van der Waals surface area contributed by atoms with Gasteiger partial charge in [-0.3, -0.25) is 0 Å². The fraction of sp³-hybridized carbons (Fsp3) is 0.412. The lowest BCUT2D eigenvalue weighted by Gasteiger charge is -2.26. The van der Waals surface area contributed by atoms with E-state index in [0.717, 1.165) is 29.5 Å². The molecule has 1 atom stereocenters. The lowest BCUT2D eigenvalue weighted by Crippen LogP contribution is -2.34. The van der Waals surface area contributed by atoms with E-state index in [1.54, 1.807) is 6.26 Å². The second-order valence-electron chi connectivity index (χ2n) is 5.32. The number of likely N-dealkylation sites (N-methyl/N-ethyl adjacent to an activating group) is 1. The number of aliphatic hydroxyl groups is 1. The van der Waals surface area contributed by atoms with Gasteiger partial charge in [-0.05, 0) is 31.2 Å². The largest absolute Gasteiger partial charge is 0.467 e. The average Bonchev–Trinajstić information content (AvgIpc) is 3.23. The van der Waals surface area contributed by atoms with E-state index in [0.29, 0.717) is 13.2 Å². The van der Waals surface area contributed by atoms with Gasteiger partial charge in [-0.1, -0.05) is 0 Å². The molecule has 0 bridgehead atoms. The van der Waals surface area contributed by atoms with Crippen molar-refractivity contribution < 1.29 is 23.7 Å². The van der Waals surface area contributed by atoms with Crippen LogP contribution in [0, 0.1) is 0 Å². The molecule has 1 N–H and O–H groups in total. The van der Waals surface area contributed by atoms with Gasteiger partial charge >= 0.3 is 0 Å². The molecule has 6 heteroatoms. The van der Waals surface area contributed by atoms with E-state index in [4.69, 9.17) is 18.6 Å². The Bertz CT molecular complexity index is 613. The summed E-state index contributed by atoms with van der Waals surface area (Å²) in [5.41, 5.74) is 0.988. The summed E-state index contributed by atoms with van der Waals surface area (Å²) in [6.07, 6.45) is 1.02. The lowest BCUT2D eigenvalue weighted by atomic mass is 10.2. The third-order valence-corrected chi connectivity index (χ3v) is 3.67. The van der Waals surface area contributed by atoms with Gasteiger partial charge < -0.3 is 28.6 Å². The maximum atomic E-state index is 10.2. The zero-order chi connectivity index (χ0) is 16.1. The summed E-state index contributed by atoms with van der Waals surface area (Å²) in [5.74, 6) is 2.25. The molecule has 1 aliphatic heterocycles. The number of hydrogen-bond acceptors (Lipinski definition) is 6. The van der Waals surface area contributed by atoms with Gasteiger partial charge in [0.15, 0.2) is 11.5 Å². The molecule has 1 unspecified atom stereocenters. The molecule has 0 aliphatic carbocycles. The third-order valence-electron chi connectivity index (χ3n) is 3.67. The van der Waals surface area contributed by atoms with Crippen molar-refractivity contribution in [3.05, 3.63) is 42.4 Å². The predicted molar refractivity (Wildman–Crippen MR) is 84.8 cm³/mol. The Morgan fingerprint density at radius 2 is 2.13 bits per heavy atom. The van der Waals surface area contributed by atoms with Crippen LogP contribution in [-0.2, 0) is 11.3 Å². The van der Waals surface area contributed by atoms with E-state index in [1.165, 1.54) is 0 Å². The summed E-state index contributed by atoms with van der Waals surface area (Å²) in [7, 11) is 0. The third kappa shape index (κ3) is 3.97. The Labute approximate surface area is 135 Å². The maximum absolute atomic E-state index is 10.2. The molecule has 2 heterocycles. The van der Waals surface area contributed by atoms with E-state index in [-0.39, 0.29) is 13.4 Å². The fourth-order valence-corrected chi connectivity index (χ4v) is 2.50. The molecule has 2 aromatic rings. The van der Waals surface area contributed by atoms with Gasteiger partial charge in [-0.15, -0.1) is 0 Å². The van der Waals surface area contributed by atoms with E-state index in [2.05, 4.69) is 4.90 Å². The highest BCUT2D eigenvalue weighted by Gasteiger charge is 2.17. The number of ether oxygens (including phenoxy) is 3. The summed E-state index contributed by atoms with van der Waals surface area (Å²) in [6, 6.07) is 9.45. The molecule has 3 rings (SSSR count). The van der Waals surface area contributed by atoms with Crippen LogP contribution in [0.2, 0.25) is 0 Å². The fourth-order valence-electron chi connectivity index (χ4n) is 2.50. The number of anilines is 1. The Balaban J connectivity index is 1.52. The Morgan fingerprint density at radius 3 is 2.91 bits per heavy atom. The molecule has 1 aliphatic rings. The van der Waals surface area contributed by atoms with E-state index >= 15 is 0 Å². The summed E-state index contributed by atoms with van der Waals surface area (Å²) in [5, 5.41) is 10.2. The molecule has 0 fully saturated rings. The minimum atomic E-state index is -0.588. The van der Waals surface area contributed by atoms with Crippen LogP contribution in [0.5, 0.6) is 11.5 Å². The molecule has 0 spiro atoms. The first-order valence-electron chi connectivity index (χ1n) is 7.69. The number of hydrogen-bond donors (Lipinski definition) is 1. The van der Waals surface area contributed by atoms with Crippen molar-refractivity contribution >= 4 is 5.69 Å². The monoisotopic (exact) mass is 319 g/mol. The Morgan fingerprint density at radius 1 is 1.26 bits per heavy atom. The van der Waals surface area contributed by atoms with Gasteiger partial charge in [0.1, 0.15) is 12.4 Å². The number of furan rings is 1. The molecular weight excluding hydrogens is 298 g/mol. The number of aliphatic hydroxyl groups excluding tert-OH is 1. The minimum absolute atomic E-state index is 0.252. The summed E-state index contributed by atoms with van der Waals surface area (Å²) in [6.45, 7) is 4.17. The highest BCUT2D eigenvalue weighted by atomic mass is 16.7. The van der Waals surface area contributed by atoms with E-state index < -0.39 is 6.10 Å². The molecular formula is C17H21NO5. The lowest BCUT2D eigenvalue weighted by molar-refractivity contribution is 0.0256. The van der Waals surface area contributed by atoms with Crippen LogP contribution < -0.4 is 14.4 Å². The van der Waals surface area contributed by atoms with Crippen LogP contribution in [0.1, 0.15) is 12.7 Å². The van der Waals surface area contributed by atoms with Crippen molar-refractivity contribution in [3.63, 3.8) is 0 Å². The van der Waals surface area contributed by atoms with E-state index in [9.17, 15) is 5.11 Å². The van der Waals surface area contributed by atoms with Gasteiger partial charge in [0.2, 0.25) is 6.79 Å². The highest BCUT2D eigenvalue weighted by Crippen LogP contribution is 2.35. The van der Waals surface area contributed by atoms with E-state index in [1.807, 2.05) is 37.3 Å². The SMILES string of the molecule is CCN(CC(O)COCc1ccco1)c1ccc2c(c1)OCO2. The summed E-state index contributed by atoms with van der Waals surface area (Å²) < 4.78 is 21.4. The molecule has 1 aromatic carbocycles. The van der Waals surface area contributed by atoms with Crippen LogP contribution in [0.4, 0.5) is 5.69 Å². The maximum Gasteiger partial charge on any atom is 0.231 e. The quantitative estimate of drug-likeness (QED) is 0.806. The van der Waals surface area contributed by atoms with Crippen molar-refractivity contribution in [2.75, 3.05) is 31.4 Å². The normalized spacial score (nSPS) is 14.0. The number of nitrogens with zero attached hydrogens (tertiary/aromatic N) is 1. The first-order valence-corrected chi connectivity index (χ1v) is 7.69. The smallest absolute Gasteiger partial charge is 0.231 e. The molecule has 1 aromatic heterocycles. The van der Waals surface area contributed by atoms with Gasteiger partial charge in [-0.2, -0.15) is 0 Å². The van der Waals surface area contributed by atoms with Crippen LogP contribution in [0.25, 0.3) is 0 Å². The first-order chi connectivity index (χ1) is 11.3. The number of benzene rings is 1. The predicted octanol–water partition coefficient (Wildman–Crippen LogP) is 2.41. The topological polar surface area (TPSA) is 64.3 Å². The highest BCUT2D eigenvalue weighted by molar-refractivity contribution is 5.57. The van der Waals surface area contributed by atoms with Gasteiger partial charge in [0.05, 0.1) is 19.0 Å². The van der Waals surface area contributed by atoms with Gasteiger partial charge in [0, 0.05) is 24.8 Å². The molecule has 0 saturated carbocycles. The first kappa shape index (κ1) is 15.7. The molecule has 0 saturated heterocycles. The van der Waals surface area contributed by atoms with Crippen molar-refractivity contribution in [2.24, 2.45) is 0 Å². The number of rotatable bonds is 8. The molecule has 0 amide bonds. The minimum Gasteiger partial charge on any atom is -0.467 e. The van der Waals surface area contributed by atoms with Crippen molar-refractivity contribution in [2.45, 2.75) is 19.6 Å². The van der Waals surface area contributed by atoms with Crippen molar-refractivity contribution in [3.8, 4) is 11.5 Å². The second kappa shape index (κ2) is 7.39. The van der Waals surface area contributed by atoms with Crippen molar-refractivity contribution in [1.82, 2.24) is 0 Å². The van der Waals surface area contributed by atoms with Crippen LogP contribution >= 0.6 is 0 Å². The summed E-state index contributed by atoms with van der Waals surface area (Å²) in [4.78, 5) is 2.07.